The lowest BCUT2D eigenvalue weighted by molar-refractivity contribution is 0.178. The smallest absolute Gasteiger partial charge is 0.261 e. The molecule has 7 heteroatoms. The van der Waals surface area contributed by atoms with Gasteiger partial charge in [0, 0.05) is 24.7 Å². The van der Waals surface area contributed by atoms with Crippen molar-refractivity contribution >= 4 is 10.0 Å². The normalized spacial score (nSPS) is 17.0. The summed E-state index contributed by atoms with van der Waals surface area (Å²) in [5.74, 6) is 6.81. The highest BCUT2D eigenvalue weighted by Crippen LogP contribution is 2.20. The number of sulfonamides is 1. The Morgan fingerprint density at radius 2 is 1.90 bits per heavy atom. The van der Waals surface area contributed by atoms with E-state index in [4.69, 9.17) is 9.47 Å². The molecule has 1 N–H and O–H groups in total. The first-order valence-corrected chi connectivity index (χ1v) is 11.3. The molecule has 29 heavy (non-hydrogen) atoms. The van der Waals surface area contributed by atoms with Gasteiger partial charge in [-0.15, -0.1) is 5.92 Å². The Morgan fingerprint density at radius 3 is 2.62 bits per heavy atom. The maximum Gasteiger partial charge on any atom is 0.261 e. The molecule has 0 bridgehead atoms. The Bertz CT molecular complexity index is 902. The minimum absolute atomic E-state index is 0.173. The van der Waals surface area contributed by atoms with Crippen LogP contribution in [0.2, 0.25) is 0 Å². The summed E-state index contributed by atoms with van der Waals surface area (Å²) in [7, 11) is -3.68. The van der Waals surface area contributed by atoms with Crippen LogP contribution in [0, 0.1) is 18.3 Å². The molecular formula is C22H27N2O4S. The van der Waals surface area contributed by atoms with Crippen LogP contribution < -0.4 is 9.46 Å². The quantitative estimate of drug-likeness (QED) is 0.628. The van der Waals surface area contributed by atoms with Crippen molar-refractivity contribution in [2.75, 3.05) is 32.8 Å². The number of rotatable bonds is 9. The van der Waals surface area contributed by atoms with Crippen molar-refractivity contribution < 1.29 is 17.9 Å². The molecule has 3 rings (SSSR count). The molecule has 6 nitrogen and oxygen atoms in total. The van der Waals surface area contributed by atoms with Gasteiger partial charge in [0.2, 0.25) is 0 Å². The number of ether oxygens (including phenoxy) is 2. The van der Waals surface area contributed by atoms with Gasteiger partial charge in [-0.25, -0.2) is 8.42 Å². The molecule has 0 saturated carbocycles. The van der Waals surface area contributed by atoms with E-state index in [0.29, 0.717) is 30.2 Å². The fourth-order valence-electron chi connectivity index (χ4n) is 3.16. The molecule has 0 spiro atoms. The van der Waals surface area contributed by atoms with E-state index in [0.717, 1.165) is 19.6 Å². The van der Waals surface area contributed by atoms with Gasteiger partial charge in [0.15, 0.2) is 0 Å². The molecule has 155 valence electrons. The van der Waals surface area contributed by atoms with E-state index in [2.05, 4.69) is 21.5 Å². The van der Waals surface area contributed by atoms with Gasteiger partial charge < -0.3 is 9.47 Å². The van der Waals surface area contributed by atoms with Gasteiger partial charge in [0.05, 0.1) is 4.90 Å². The summed E-state index contributed by atoms with van der Waals surface area (Å²) < 4.78 is 39.2. The number of hydrogen-bond acceptors (Lipinski definition) is 5. The van der Waals surface area contributed by atoms with Crippen LogP contribution in [0.1, 0.15) is 26.2 Å². The molecule has 1 heterocycles. The van der Waals surface area contributed by atoms with Crippen LogP contribution in [-0.2, 0) is 14.8 Å². The highest BCUT2D eigenvalue weighted by molar-refractivity contribution is 7.89. The molecule has 0 amide bonds. The van der Waals surface area contributed by atoms with E-state index < -0.39 is 10.0 Å². The molecule has 2 aliphatic rings. The summed E-state index contributed by atoms with van der Waals surface area (Å²) in [6.45, 7) is 5.77. The molecule has 1 aromatic rings. The zero-order chi connectivity index (χ0) is 20.5. The van der Waals surface area contributed by atoms with Gasteiger partial charge >= 0.3 is 0 Å². The number of benzene rings is 1. The summed E-state index contributed by atoms with van der Waals surface area (Å²) in [5.41, 5.74) is 0.516. The number of hydrogen-bond donors (Lipinski definition) is 1. The Kier molecular flexibility index (Phi) is 7.62. The van der Waals surface area contributed by atoms with E-state index in [1.807, 2.05) is 12.5 Å². The lowest BCUT2D eigenvalue weighted by Gasteiger charge is -2.18. The summed E-state index contributed by atoms with van der Waals surface area (Å²) in [6.07, 6.45) is 8.64. The van der Waals surface area contributed by atoms with E-state index in [1.165, 1.54) is 25.0 Å². The van der Waals surface area contributed by atoms with Crippen LogP contribution in [-0.4, -0.2) is 46.2 Å². The topological polar surface area (TPSA) is 67.9 Å². The second kappa shape index (κ2) is 10.4. The third-order valence-corrected chi connectivity index (χ3v) is 6.10. The maximum absolute atomic E-state index is 12.7. The molecular weight excluding hydrogens is 388 g/mol. The van der Waals surface area contributed by atoms with Crippen molar-refractivity contribution in [1.82, 2.24) is 9.62 Å². The van der Waals surface area contributed by atoms with Crippen LogP contribution in [0.15, 0.2) is 52.8 Å². The average Bonchev–Trinajstić information content (AvgIpc) is 3.22. The predicted molar refractivity (Wildman–Crippen MR) is 112 cm³/mol. The highest BCUT2D eigenvalue weighted by Gasteiger charge is 2.18. The van der Waals surface area contributed by atoms with Crippen LogP contribution in [0.4, 0.5) is 0 Å². The van der Waals surface area contributed by atoms with Crippen LogP contribution in [0.5, 0.6) is 5.75 Å². The van der Waals surface area contributed by atoms with Gasteiger partial charge in [0.25, 0.3) is 10.0 Å². The van der Waals surface area contributed by atoms with Gasteiger partial charge in [-0.2, -0.15) is 0 Å². The number of nitrogens with zero attached hydrogens (tertiary/aromatic N) is 1. The second-order valence-corrected chi connectivity index (χ2v) is 8.52. The minimum atomic E-state index is -3.68. The molecule has 0 aromatic heterocycles. The Balaban J connectivity index is 1.54. The van der Waals surface area contributed by atoms with Crippen LogP contribution in [0.3, 0.4) is 0 Å². The van der Waals surface area contributed by atoms with Crippen molar-refractivity contribution in [2.45, 2.75) is 31.1 Å². The Labute approximate surface area is 173 Å². The van der Waals surface area contributed by atoms with Crippen LogP contribution >= 0.6 is 0 Å². The van der Waals surface area contributed by atoms with Gasteiger partial charge in [-0.3, -0.25) is 9.62 Å². The summed E-state index contributed by atoms with van der Waals surface area (Å²) in [4.78, 5) is 2.55. The van der Waals surface area contributed by atoms with Crippen molar-refractivity contribution in [3.63, 3.8) is 0 Å². The zero-order valence-corrected chi connectivity index (χ0v) is 17.5. The number of nitrogens with one attached hydrogen (secondary N) is 1. The molecule has 0 atom stereocenters. The first kappa shape index (κ1) is 21.3. The molecule has 1 radical (unpaired) electrons. The number of allylic oxidation sites excluding steroid dienone is 3. The molecule has 1 saturated heterocycles. The SMILES string of the molecule is CC#CCOc1ccc(S(=O)(=O)NC2=CC(OCCN3CCCC3)=CC[CH]2)cc1. The first-order chi connectivity index (χ1) is 14.1. The van der Waals surface area contributed by atoms with Crippen molar-refractivity contribution in [3.05, 3.63) is 54.3 Å². The second-order valence-electron chi connectivity index (χ2n) is 6.84. The van der Waals surface area contributed by atoms with Crippen LogP contribution in [0.25, 0.3) is 0 Å². The van der Waals surface area contributed by atoms with Gasteiger partial charge in [0.1, 0.15) is 24.7 Å². The summed E-state index contributed by atoms with van der Waals surface area (Å²) >= 11 is 0. The summed E-state index contributed by atoms with van der Waals surface area (Å²) in [5, 5.41) is 0. The molecule has 1 aliphatic heterocycles. The predicted octanol–water partition coefficient (Wildman–Crippen LogP) is 2.86. The lowest BCUT2D eigenvalue weighted by Crippen LogP contribution is -2.25. The van der Waals surface area contributed by atoms with Crippen molar-refractivity contribution in [1.29, 1.82) is 0 Å². The molecule has 0 unspecified atom stereocenters. The van der Waals surface area contributed by atoms with Crippen molar-refractivity contribution in [2.24, 2.45) is 0 Å². The monoisotopic (exact) mass is 415 g/mol. The third-order valence-electron chi connectivity index (χ3n) is 4.70. The number of likely N-dealkylation sites (tertiary alicyclic amines) is 1. The van der Waals surface area contributed by atoms with Crippen molar-refractivity contribution in [3.8, 4) is 17.6 Å². The molecule has 1 aliphatic carbocycles. The van der Waals surface area contributed by atoms with Gasteiger partial charge in [-0.1, -0.05) is 5.92 Å². The van der Waals surface area contributed by atoms with E-state index in [9.17, 15) is 8.42 Å². The zero-order valence-electron chi connectivity index (χ0n) is 16.7. The minimum Gasteiger partial charge on any atom is -0.493 e. The average molecular weight is 416 g/mol. The molecule has 1 fully saturated rings. The lowest BCUT2D eigenvalue weighted by atomic mass is 10.1. The molecule has 1 aromatic carbocycles. The third kappa shape index (κ3) is 6.55. The maximum atomic E-state index is 12.7. The Morgan fingerprint density at radius 1 is 1.14 bits per heavy atom. The highest BCUT2D eigenvalue weighted by atomic mass is 32.2. The fourth-order valence-corrected chi connectivity index (χ4v) is 4.23. The van der Waals surface area contributed by atoms with E-state index in [1.54, 1.807) is 25.1 Å². The first-order valence-electron chi connectivity index (χ1n) is 9.82. The van der Waals surface area contributed by atoms with E-state index >= 15 is 0 Å². The standard InChI is InChI=1S/C22H27N2O4S/c1-2-3-16-27-20-9-11-22(12-10-20)29(25,26)23-19-7-6-8-21(18-19)28-17-15-24-13-4-5-14-24/h7-12,18,23H,4-6,13-17H2,1H3. The Hall–Kier alpha value is -2.43. The van der Waals surface area contributed by atoms with Gasteiger partial charge in [-0.05, 0) is 69.6 Å². The fraction of sp³-hybridized carbons (Fsp3) is 0.409. The largest absolute Gasteiger partial charge is 0.493 e. The van der Waals surface area contributed by atoms with E-state index in [-0.39, 0.29) is 11.5 Å². The summed E-state index contributed by atoms with van der Waals surface area (Å²) in [6, 6.07) is 6.28.